The number of aromatic hydroxyl groups is 1. The lowest BCUT2D eigenvalue weighted by Crippen LogP contribution is -2.12. The third kappa shape index (κ3) is 8.21. The van der Waals surface area contributed by atoms with Gasteiger partial charge in [0.2, 0.25) is 0 Å². The lowest BCUT2D eigenvalue weighted by Gasteiger charge is -2.08. The Kier molecular flexibility index (Phi) is 9.14. The van der Waals surface area contributed by atoms with Gasteiger partial charge in [-0.25, -0.2) is 0 Å². The van der Waals surface area contributed by atoms with E-state index in [4.69, 9.17) is 0 Å². The summed E-state index contributed by atoms with van der Waals surface area (Å²) in [5.74, 6) is 0.452. The number of hydrogen-bond donors (Lipinski definition) is 1. The minimum Gasteiger partial charge on any atom is -0.508 e. The summed E-state index contributed by atoms with van der Waals surface area (Å²) in [5.41, 5.74) is 1.09. The van der Waals surface area contributed by atoms with Crippen molar-refractivity contribution in [2.24, 2.45) is 0 Å². The summed E-state index contributed by atoms with van der Waals surface area (Å²) >= 11 is 0. The maximum Gasteiger partial charge on any atom is 0.118 e. The Morgan fingerprint density at radius 1 is 0.800 bits per heavy atom. The zero-order valence-corrected chi connectivity index (χ0v) is 13.3. The molecule has 0 aromatic heterocycles. The Hall–Kier alpha value is -1.02. The number of aryl methyl sites for hydroxylation is 1. The van der Waals surface area contributed by atoms with Gasteiger partial charge in [0, 0.05) is 0 Å². The van der Waals surface area contributed by atoms with E-state index in [9.17, 15) is 5.11 Å². The summed E-state index contributed by atoms with van der Waals surface area (Å²) < 4.78 is 0. The predicted octanol–water partition coefficient (Wildman–Crippen LogP) is 4.62. The minimum atomic E-state index is 0.452. The van der Waals surface area contributed by atoms with E-state index in [-0.39, 0.29) is 0 Å². The average Bonchev–Trinajstić information content (AvgIpc) is 2.42. The lowest BCUT2D eigenvalue weighted by molar-refractivity contribution is 0.389. The summed E-state index contributed by atoms with van der Waals surface area (Å²) in [6.07, 6.45) is 11.7. The normalized spacial score (nSPS) is 11.2. The molecule has 0 saturated carbocycles. The van der Waals surface area contributed by atoms with Crippen LogP contribution >= 0.6 is 0 Å². The number of phenolic OH excluding ortho intramolecular Hbond substituents is 1. The van der Waals surface area contributed by atoms with Crippen molar-refractivity contribution in [3.8, 4) is 5.75 Å². The fourth-order valence-electron chi connectivity index (χ4n) is 2.53. The zero-order valence-electron chi connectivity index (χ0n) is 13.3. The van der Waals surface area contributed by atoms with Crippen LogP contribution in [-0.4, -0.2) is 30.6 Å². The second-order valence-electron chi connectivity index (χ2n) is 6.01. The van der Waals surface area contributed by atoms with Crippen LogP contribution in [-0.2, 0) is 6.42 Å². The van der Waals surface area contributed by atoms with Crippen molar-refractivity contribution < 1.29 is 5.11 Å². The van der Waals surface area contributed by atoms with Crippen molar-refractivity contribution in [3.05, 3.63) is 29.8 Å². The quantitative estimate of drug-likeness (QED) is 0.597. The fourth-order valence-corrected chi connectivity index (χ4v) is 2.53. The first kappa shape index (κ1) is 17.0. The standard InChI is InChI=1S/C18H31NO/c1-19(2)16-12-8-6-4-3-5-7-9-13-17-14-10-11-15-18(17)20/h10-11,14-15,20H,3-9,12-13,16H2,1-2H3. The highest BCUT2D eigenvalue weighted by molar-refractivity contribution is 5.31. The van der Waals surface area contributed by atoms with E-state index in [2.05, 4.69) is 19.0 Å². The molecule has 0 fully saturated rings. The Morgan fingerprint density at radius 3 is 1.95 bits per heavy atom. The first-order valence-corrected chi connectivity index (χ1v) is 8.12. The maximum atomic E-state index is 9.67. The zero-order chi connectivity index (χ0) is 14.6. The van der Waals surface area contributed by atoms with Crippen molar-refractivity contribution >= 4 is 0 Å². The molecule has 0 aliphatic heterocycles. The molecule has 0 bridgehead atoms. The van der Waals surface area contributed by atoms with Gasteiger partial charge >= 0.3 is 0 Å². The molecule has 0 unspecified atom stereocenters. The summed E-state index contributed by atoms with van der Waals surface area (Å²) in [4.78, 5) is 2.26. The van der Waals surface area contributed by atoms with Gasteiger partial charge in [-0.2, -0.15) is 0 Å². The van der Waals surface area contributed by atoms with E-state index in [1.807, 2.05) is 18.2 Å². The van der Waals surface area contributed by atoms with Crippen molar-refractivity contribution in [2.75, 3.05) is 20.6 Å². The van der Waals surface area contributed by atoms with Crippen LogP contribution < -0.4 is 0 Å². The SMILES string of the molecule is CN(C)CCCCCCCCCCc1ccccc1O. The molecule has 0 atom stereocenters. The molecule has 2 heteroatoms. The monoisotopic (exact) mass is 277 g/mol. The van der Waals surface area contributed by atoms with Crippen LogP contribution in [0.1, 0.15) is 56.9 Å². The van der Waals surface area contributed by atoms with Gasteiger partial charge in [-0.3, -0.25) is 0 Å². The van der Waals surface area contributed by atoms with Gasteiger partial charge in [0.05, 0.1) is 0 Å². The van der Waals surface area contributed by atoms with E-state index in [1.54, 1.807) is 6.07 Å². The van der Waals surface area contributed by atoms with E-state index < -0.39 is 0 Å². The van der Waals surface area contributed by atoms with Gasteiger partial charge in [0.15, 0.2) is 0 Å². The van der Waals surface area contributed by atoms with Gasteiger partial charge in [-0.05, 0) is 51.5 Å². The Balaban J connectivity index is 1.89. The third-order valence-electron chi connectivity index (χ3n) is 3.79. The molecule has 20 heavy (non-hydrogen) atoms. The number of hydrogen-bond acceptors (Lipinski definition) is 2. The molecule has 1 aromatic carbocycles. The largest absolute Gasteiger partial charge is 0.508 e. The van der Waals surface area contributed by atoms with Gasteiger partial charge in [-0.1, -0.05) is 56.7 Å². The van der Waals surface area contributed by atoms with Crippen molar-refractivity contribution in [2.45, 2.75) is 57.8 Å². The van der Waals surface area contributed by atoms with Crippen LogP contribution in [0, 0.1) is 0 Å². The van der Waals surface area contributed by atoms with E-state index in [0.717, 1.165) is 12.0 Å². The summed E-state index contributed by atoms with van der Waals surface area (Å²) in [6.45, 7) is 1.22. The van der Waals surface area contributed by atoms with Crippen molar-refractivity contribution in [1.82, 2.24) is 4.90 Å². The molecule has 0 heterocycles. The Labute approximate surface area is 124 Å². The van der Waals surface area contributed by atoms with Gasteiger partial charge in [0.1, 0.15) is 5.75 Å². The summed E-state index contributed by atoms with van der Waals surface area (Å²) in [5, 5.41) is 9.67. The minimum absolute atomic E-state index is 0.452. The Morgan fingerprint density at radius 2 is 1.35 bits per heavy atom. The van der Waals surface area contributed by atoms with E-state index in [1.165, 1.54) is 57.9 Å². The number of phenols is 1. The lowest BCUT2D eigenvalue weighted by atomic mass is 10.0. The topological polar surface area (TPSA) is 23.5 Å². The molecule has 0 radical (unpaired) electrons. The predicted molar refractivity (Wildman–Crippen MR) is 87.3 cm³/mol. The second-order valence-corrected chi connectivity index (χ2v) is 6.01. The molecule has 1 aromatic rings. The maximum absolute atomic E-state index is 9.67. The van der Waals surface area contributed by atoms with Crippen LogP contribution in [0.5, 0.6) is 5.75 Å². The molecule has 114 valence electrons. The molecular formula is C18H31NO. The molecule has 0 aliphatic rings. The van der Waals surface area contributed by atoms with Crippen LogP contribution in [0.3, 0.4) is 0 Å². The Bertz CT molecular complexity index is 349. The third-order valence-corrected chi connectivity index (χ3v) is 3.79. The van der Waals surface area contributed by atoms with Crippen LogP contribution in [0.25, 0.3) is 0 Å². The number of benzene rings is 1. The van der Waals surface area contributed by atoms with Gasteiger partial charge < -0.3 is 10.0 Å². The van der Waals surface area contributed by atoms with Crippen LogP contribution in [0.4, 0.5) is 0 Å². The van der Waals surface area contributed by atoms with Crippen LogP contribution in [0.15, 0.2) is 24.3 Å². The number of nitrogens with zero attached hydrogens (tertiary/aromatic N) is 1. The second kappa shape index (κ2) is 10.7. The highest BCUT2D eigenvalue weighted by Crippen LogP contribution is 2.18. The molecule has 1 rings (SSSR count). The van der Waals surface area contributed by atoms with E-state index in [0.29, 0.717) is 5.75 Å². The number of para-hydroxylation sites is 1. The highest BCUT2D eigenvalue weighted by Gasteiger charge is 1.99. The first-order valence-electron chi connectivity index (χ1n) is 8.12. The van der Waals surface area contributed by atoms with Crippen LogP contribution in [0.2, 0.25) is 0 Å². The molecule has 0 aliphatic carbocycles. The number of unbranched alkanes of at least 4 members (excludes halogenated alkanes) is 7. The van der Waals surface area contributed by atoms with Crippen molar-refractivity contribution in [3.63, 3.8) is 0 Å². The summed E-state index contributed by atoms with van der Waals surface area (Å²) in [7, 11) is 4.29. The molecule has 0 spiro atoms. The molecule has 0 saturated heterocycles. The smallest absolute Gasteiger partial charge is 0.118 e. The molecule has 2 nitrogen and oxygen atoms in total. The average molecular weight is 277 g/mol. The number of rotatable bonds is 11. The summed E-state index contributed by atoms with van der Waals surface area (Å²) in [6, 6.07) is 7.70. The fraction of sp³-hybridized carbons (Fsp3) is 0.667. The van der Waals surface area contributed by atoms with Crippen molar-refractivity contribution in [1.29, 1.82) is 0 Å². The van der Waals surface area contributed by atoms with E-state index >= 15 is 0 Å². The highest BCUT2D eigenvalue weighted by atomic mass is 16.3. The molecule has 0 amide bonds. The molecular weight excluding hydrogens is 246 g/mol. The first-order chi connectivity index (χ1) is 9.70. The van der Waals surface area contributed by atoms with Gasteiger partial charge in [-0.15, -0.1) is 0 Å². The molecule has 1 N–H and O–H groups in total. The van der Waals surface area contributed by atoms with Gasteiger partial charge in [0.25, 0.3) is 0 Å².